The Morgan fingerprint density at radius 3 is 2.79 bits per heavy atom. The number of hydrogen-bond donors (Lipinski definition) is 2. The molecule has 0 saturated carbocycles. The Morgan fingerprint density at radius 1 is 1.21 bits per heavy atom. The fraction of sp³-hybridized carbons (Fsp3) is 0.250. The summed E-state index contributed by atoms with van der Waals surface area (Å²) in [6, 6.07) is 5.80. The number of aryl methyl sites for hydroxylation is 2. The molecule has 2 aromatic rings. The molecule has 0 spiro atoms. The van der Waals surface area contributed by atoms with Crippen LogP contribution in [-0.2, 0) is 20.8 Å². The number of nitrogens with zero attached hydrogens (tertiary/aromatic N) is 2. The average Bonchev–Trinajstić information content (AvgIpc) is 3.11. The zero-order valence-electron chi connectivity index (χ0n) is 15.6. The van der Waals surface area contributed by atoms with E-state index in [9.17, 15) is 14.4 Å². The molecule has 1 aromatic heterocycles. The largest absolute Gasteiger partial charge is 0.326 e. The number of benzene rings is 1. The number of thiazole rings is 1. The normalized spacial score (nSPS) is 15.5. The number of hydrogen-bond acceptors (Lipinski definition) is 5. The first-order valence-corrected chi connectivity index (χ1v) is 9.68. The highest BCUT2D eigenvalue weighted by atomic mass is 32.1. The molecule has 0 saturated heterocycles. The average molecular weight is 396 g/mol. The Kier molecular flexibility index (Phi) is 6.10. The van der Waals surface area contributed by atoms with Gasteiger partial charge in [-0.25, -0.2) is 9.98 Å². The minimum atomic E-state index is -0.589. The number of aromatic nitrogens is 1. The number of anilines is 2. The second kappa shape index (κ2) is 8.71. The lowest BCUT2D eigenvalue weighted by Gasteiger charge is -2.10. The summed E-state index contributed by atoms with van der Waals surface area (Å²) in [5.74, 6) is -1.35. The van der Waals surface area contributed by atoms with Crippen LogP contribution in [0.25, 0.3) is 0 Å². The summed E-state index contributed by atoms with van der Waals surface area (Å²) < 4.78 is 0. The van der Waals surface area contributed by atoms with Crippen LogP contribution < -0.4 is 10.6 Å². The van der Waals surface area contributed by atoms with E-state index < -0.39 is 5.92 Å². The molecule has 0 fully saturated rings. The summed E-state index contributed by atoms with van der Waals surface area (Å²) >= 11 is 1.29. The van der Waals surface area contributed by atoms with Crippen LogP contribution in [0, 0.1) is 19.8 Å². The fourth-order valence-corrected chi connectivity index (χ4v) is 3.34. The first kappa shape index (κ1) is 19.6. The zero-order valence-corrected chi connectivity index (χ0v) is 16.4. The van der Waals surface area contributed by atoms with Gasteiger partial charge in [0.25, 0.3) is 5.91 Å². The van der Waals surface area contributed by atoms with Crippen LogP contribution in [0.2, 0.25) is 0 Å². The van der Waals surface area contributed by atoms with Gasteiger partial charge in [0.1, 0.15) is 0 Å². The molecule has 2 heterocycles. The van der Waals surface area contributed by atoms with Gasteiger partial charge in [0.05, 0.1) is 11.6 Å². The topological polar surface area (TPSA) is 101 Å². The van der Waals surface area contributed by atoms with Crippen molar-refractivity contribution < 1.29 is 14.4 Å². The van der Waals surface area contributed by atoms with Crippen molar-refractivity contribution in [3.05, 3.63) is 52.6 Å². The maximum absolute atomic E-state index is 12.2. The Bertz CT molecular complexity index is 962. The van der Waals surface area contributed by atoms with Crippen LogP contribution in [-0.4, -0.2) is 28.9 Å². The van der Waals surface area contributed by atoms with Crippen LogP contribution >= 0.6 is 11.3 Å². The third-order valence-electron chi connectivity index (χ3n) is 4.38. The number of aliphatic imine (C=N–C) groups is 1. The van der Waals surface area contributed by atoms with E-state index in [0.29, 0.717) is 18.0 Å². The van der Waals surface area contributed by atoms with Crippen molar-refractivity contribution in [2.75, 3.05) is 10.6 Å². The molecule has 8 heteroatoms. The van der Waals surface area contributed by atoms with Gasteiger partial charge in [-0.1, -0.05) is 18.2 Å². The quantitative estimate of drug-likeness (QED) is 0.784. The van der Waals surface area contributed by atoms with Crippen molar-refractivity contribution in [1.29, 1.82) is 0 Å². The molecule has 7 nitrogen and oxygen atoms in total. The van der Waals surface area contributed by atoms with E-state index in [1.165, 1.54) is 29.7 Å². The van der Waals surface area contributed by atoms with Crippen molar-refractivity contribution in [2.24, 2.45) is 10.9 Å². The van der Waals surface area contributed by atoms with E-state index in [2.05, 4.69) is 20.6 Å². The number of carbonyl (C=O) groups is 3. The van der Waals surface area contributed by atoms with E-state index in [4.69, 9.17) is 0 Å². The standard InChI is InChI=1S/C20H20N4O3S/c1-12-4-3-5-16(13(12)2)23-18(26)9-7-15-11-28-20(22-15)24-19(27)14-6-8-17(25)21-10-14/h3-6,8,10-11,14H,7,9H2,1-2H3,(H,23,26)(H,22,24,27). The Labute approximate surface area is 166 Å². The second-order valence-corrected chi connectivity index (χ2v) is 7.29. The van der Waals surface area contributed by atoms with Crippen molar-refractivity contribution in [3.63, 3.8) is 0 Å². The first-order valence-electron chi connectivity index (χ1n) is 8.80. The molecule has 1 aromatic carbocycles. The molecule has 1 aliphatic heterocycles. The van der Waals surface area contributed by atoms with E-state index in [0.717, 1.165) is 22.5 Å². The molecular formula is C20H20N4O3S. The van der Waals surface area contributed by atoms with Crippen LogP contribution in [0.15, 0.2) is 40.7 Å². The van der Waals surface area contributed by atoms with Gasteiger partial charge in [-0.15, -0.1) is 11.3 Å². The second-order valence-electron chi connectivity index (χ2n) is 6.43. The maximum atomic E-state index is 12.2. The molecule has 2 N–H and O–H groups in total. The van der Waals surface area contributed by atoms with E-state index in [-0.39, 0.29) is 17.7 Å². The minimum Gasteiger partial charge on any atom is -0.326 e. The van der Waals surface area contributed by atoms with Gasteiger partial charge < -0.3 is 10.6 Å². The van der Waals surface area contributed by atoms with Crippen molar-refractivity contribution in [2.45, 2.75) is 26.7 Å². The first-order chi connectivity index (χ1) is 13.4. The van der Waals surface area contributed by atoms with Crippen LogP contribution in [0.3, 0.4) is 0 Å². The molecule has 0 aliphatic carbocycles. The number of dihydropyridines is 1. The lowest BCUT2D eigenvalue weighted by Crippen LogP contribution is -2.24. The Hall–Kier alpha value is -3.13. The molecule has 3 amide bonds. The third-order valence-corrected chi connectivity index (χ3v) is 5.19. The molecule has 28 heavy (non-hydrogen) atoms. The summed E-state index contributed by atoms with van der Waals surface area (Å²) in [5.41, 5.74) is 3.73. The van der Waals surface area contributed by atoms with Gasteiger partial charge in [-0.2, -0.15) is 0 Å². The summed E-state index contributed by atoms with van der Waals surface area (Å²) in [6.45, 7) is 3.98. The highest BCUT2D eigenvalue weighted by Gasteiger charge is 2.18. The monoisotopic (exact) mass is 396 g/mol. The molecule has 3 rings (SSSR count). The molecule has 1 unspecified atom stereocenters. The maximum Gasteiger partial charge on any atom is 0.269 e. The van der Waals surface area contributed by atoms with Gasteiger partial charge in [0.15, 0.2) is 5.13 Å². The van der Waals surface area contributed by atoms with E-state index in [1.54, 1.807) is 0 Å². The highest BCUT2D eigenvalue weighted by molar-refractivity contribution is 7.13. The SMILES string of the molecule is Cc1cccc(NC(=O)CCc2csc(NC(=O)C3C=CC(=O)N=C3)n2)c1C. The zero-order chi connectivity index (χ0) is 20.1. The van der Waals surface area contributed by atoms with Crippen LogP contribution in [0.5, 0.6) is 0 Å². The summed E-state index contributed by atoms with van der Waals surface area (Å²) in [4.78, 5) is 43.3. The number of nitrogens with one attached hydrogen (secondary N) is 2. The molecule has 0 radical (unpaired) electrons. The predicted octanol–water partition coefficient (Wildman–Crippen LogP) is 3.05. The molecule has 144 valence electrons. The van der Waals surface area contributed by atoms with Crippen molar-refractivity contribution >= 4 is 46.1 Å². The molecule has 1 aliphatic rings. The van der Waals surface area contributed by atoms with Gasteiger partial charge in [-0.3, -0.25) is 14.4 Å². The van der Waals surface area contributed by atoms with Crippen molar-refractivity contribution in [3.8, 4) is 0 Å². The van der Waals surface area contributed by atoms with E-state index in [1.807, 2.05) is 37.4 Å². The lowest BCUT2D eigenvalue weighted by atomic mass is 10.1. The predicted molar refractivity (Wildman–Crippen MR) is 110 cm³/mol. The van der Waals surface area contributed by atoms with Gasteiger partial charge >= 0.3 is 0 Å². The summed E-state index contributed by atoms with van der Waals surface area (Å²) in [5, 5.41) is 7.89. The number of amides is 3. The van der Waals surface area contributed by atoms with Gasteiger partial charge in [0.2, 0.25) is 11.8 Å². The molecular weight excluding hydrogens is 376 g/mol. The highest BCUT2D eigenvalue weighted by Crippen LogP contribution is 2.20. The minimum absolute atomic E-state index is 0.0829. The summed E-state index contributed by atoms with van der Waals surface area (Å²) in [7, 11) is 0. The van der Waals surface area contributed by atoms with Gasteiger partial charge in [0, 0.05) is 29.8 Å². The fourth-order valence-electron chi connectivity index (χ4n) is 2.60. The number of rotatable bonds is 6. The Morgan fingerprint density at radius 2 is 2.04 bits per heavy atom. The number of carbonyl (C=O) groups excluding carboxylic acids is 3. The summed E-state index contributed by atoms with van der Waals surface area (Å²) in [6.07, 6.45) is 4.85. The third kappa shape index (κ3) is 4.98. The molecule has 1 atom stereocenters. The smallest absolute Gasteiger partial charge is 0.269 e. The molecule has 0 bridgehead atoms. The Balaban J connectivity index is 1.50. The van der Waals surface area contributed by atoms with Crippen molar-refractivity contribution in [1.82, 2.24) is 4.98 Å². The van der Waals surface area contributed by atoms with Crippen LogP contribution in [0.1, 0.15) is 23.2 Å². The van der Waals surface area contributed by atoms with Gasteiger partial charge in [-0.05, 0) is 37.5 Å². The van der Waals surface area contributed by atoms with E-state index >= 15 is 0 Å². The lowest BCUT2D eigenvalue weighted by molar-refractivity contribution is -0.117. The van der Waals surface area contributed by atoms with Crippen LogP contribution in [0.4, 0.5) is 10.8 Å².